The van der Waals surface area contributed by atoms with Gasteiger partial charge in [0.25, 0.3) is 5.91 Å². The van der Waals surface area contributed by atoms with Crippen LogP contribution in [-0.2, 0) is 11.3 Å². The molecule has 1 amide bonds. The highest BCUT2D eigenvalue weighted by Gasteiger charge is 2.24. The van der Waals surface area contributed by atoms with Gasteiger partial charge in [-0.05, 0) is 48.5 Å². The number of para-hydroxylation sites is 1. The molecule has 1 N–H and O–H groups in total. The van der Waals surface area contributed by atoms with Crippen LogP contribution in [-0.4, -0.2) is 17.1 Å². The number of rotatable bonds is 5. The molecule has 4 aromatic rings. The molecule has 0 saturated heterocycles. The summed E-state index contributed by atoms with van der Waals surface area (Å²) in [5, 5.41) is 4.56. The van der Waals surface area contributed by atoms with Crippen LogP contribution in [0.4, 0.5) is 5.69 Å². The Labute approximate surface area is 193 Å². The van der Waals surface area contributed by atoms with Crippen LogP contribution < -0.4 is 10.1 Å². The van der Waals surface area contributed by atoms with Gasteiger partial charge in [0.1, 0.15) is 12.4 Å². The van der Waals surface area contributed by atoms with Gasteiger partial charge in [-0.2, -0.15) is 0 Å². The smallest absolute Gasteiger partial charge is 0.256 e. The van der Waals surface area contributed by atoms with Crippen molar-refractivity contribution in [2.24, 2.45) is 0 Å². The van der Waals surface area contributed by atoms with Crippen LogP contribution in [0.25, 0.3) is 22.6 Å². The van der Waals surface area contributed by atoms with Crippen LogP contribution in [0.1, 0.15) is 11.1 Å². The number of carbonyl (C=O) groups excluding carboxylic acids is 1. The maximum absolute atomic E-state index is 12.6. The second-order valence-electron chi connectivity index (χ2n) is 7.30. The number of halogens is 2. The second kappa shape index (κ2) is 8.25. The van der Waals surface area contributed by atoms with Gasteiger partial charge in [0.2, 0.25) is 0 Å². The van der Waals surface area contributed by atoms with Crippen LogP contribution in [0.2, 0.25) is 5.02 Å². The Balaban J connectivity index is 1.50. The fraction of sp³-hybridized carbons (Fsp3) is 0.0800. The standard InChI is InChI=1S/C25H18BrClN2O2/c26-17-6-9-24-21(13-17)16(15-29(24)10-11-31-19-4-2-1-3-5-19)12-22-20-8-7-18(27)14-23(20)28-25(22)30/h1-9,12-15H,10-11H2,(H,28,30)/b22-12+. The van der Waals surface area contributed by atoms with Crippen molar-refractivity contribution < 1.29 is 9.53 Å². The van der Waals surface area contributed by atoms with E-state index < -0.39 is 0 Å². The van der Waals surface area contributed by atoms with Gasteiger partial charge in [0.15, 0.2) is 0 Å². The molecule has 0 aliphatic carbocycles. The molecular weight excluding hydrogens is 476 g/mol. The summed E-state index contributed by atoms with van der Waals surface area (Å²) in [6.07, 6.45) is 4.01. The van der Waals surface area contributed by atoms with E-state index in [4.69, 9.17) is 16.3 Å². The molecule has 2 heterocycles. The molecule has 1 aliphatic rings. The molecule has 3 aromatic carbocycles. The van der Waals surface area contributed by atoms with Crippen LogP contribution in [0, 0.1) is 0 Å². The minimum absolute atomic E-state index is 0.124. The number of nitrogens with zero attached hydrogens (tertiary/aromatic N) is 1. The summed E-state index contributed by atoms with van der Waals surface area (Å²) in [4.78, 5) is 12.6. The molecule has 0 fully saturated rings. The minimum atomic E-state index is -0.124. The number of fused-ring (bicyclic) bond motifs is 2. The lowest BCUT2D eigenvalue weighted by Gasteiger charge is -2.08. The highest BCUT2D eigenvalue weighted by Crippen LogP contribution is 2.36. The molecule has 31 heavy (non-hydrogen) atoms. The lowest BCUT2D eigenvalue weighted by molar-refractivity contribution is -0.110. The van der Waals surface area contributed by atoms with E-state index >= 15 is 0 Å². The number of ether oxygens (including phenoxy) is 1. The van der Waals surface area contributed by atoms with Crippen LogP contribution in [0.3, 0.4) is 0 Å². The number of hydrogen-bond acceptors (Lipinski definition) is 2. The first-order valence-electron chi connectivity index (χ1n) is 9.88. The zero-order valence-corrected chi connectivity index (χ0v) is 18.8. The van der Waals surface area contributed by atoms with Crippen molar-refractivity contribution in [1.82, 2.24) is 4.57 Å². The third kappa shape index (κ3) is 3.99. The zero-order chi connectivity index (χ0) is 21.4. The monoisotopic (exact) mass is 492 g/mol. The van der Waals surface area contributed by atoms with Crippen molar-refractivity contribution in [1.29, 1.82) is 0 Å². The predicted molar refractivity (Wildman–Crippen MR) is 130 cm³/mol. The van der Waals surface area contributed by atoms with Crippen molar-refractivity contribution >= 4 is 61.7 Å². The highest BCUT2D eigenvalue weighted by molar-refractivity contribution is 9.10. The Kier molecular flexibility index (Phi) is 5.30. The van der Waals surface area contributed by atoms with Crippen molar-refractivity contribution in [3.8, 4) is 5.75 Å². The zero-order valence-electron chi connectivity index (χ0n) is 16.4. The van der Waals surface area contributed by atoms with Gasteiger partial charge in [0, 0.05) is 43.3 Å². The van der Waals surface area contributed by atoms with Crippen LogP contribution in [0.15, 0.2) is 77.4 Å². The Morgan fingerprint density at radius 2 is 1.90 bits per heavy atom. The molecule has 5 rings (SSSR count). The molecule has 0 atom stereocenters. The van der Waals surface area contributed by atoms with Gasteiger partial charge >= 0.3 is 0 Å². The molecule has 0 saturated carbocycles. The summed E-state index contributed by atoms with van der Waals surface area (Å²) >= 11 is 9.65. The van der Waals surface area contributed by atoms with Gasteiger partial charge in [-0.15, -0.1) is 0 Å². The number of nitrogens with one attached hydrogen (secondary N) is 1. The first kappa shape index (κ1) is 19.9. The third-order valence-electron chi connectivity index (χ3n) is 5.28. The number of amides is 1. The second-order valence-corrected chi connectivity index (χ2v) is 8.65. The Morgan fingerprint density at radius 3 is 2.74 bits per heavy atom. The predicted octanol–water partition coefficient (Wildman–Crippen LogP) is 6.63. The maximum atomic E-state index is 12.6. The van der Waals surface area contributed by atoms with Gasteiger partial charge in [-0.25, -0.2) is 0 Å². The molecule has 0 bridgehead atoms. The van der Waals surface area contributed by atoms with Crippen molar-refractivity contribution in [2.75, 3.05) is 11.9 Å². The lowest BCUT2D eigenvalue weighted by Crippen LogP contribution is -2.07. The Hall–Kier alpha value is -3.02. The Bertz CT molecular complexity index is 1330. The average molecular weight is 494 g/mol. The number of anilines is 1. The number of aromatic nitrogens is 1. The SMILES string of the molecule is O=C1Nc2cc(Cl)ccc2/C1=C\c1cn(CCOc2ccccc2)c2ccc(Br)cc12. The lowest BCUT2D eigenvalue weighted by atomic mass is 10.0. The van der Waals surface area contributed by atoms with E-state index in [2.05, 4.69) is 44.1 Å². The number of hydrogen-bond donors (Lipinski definition) is 1. The first-order chi connectivity index (χ1) is 15.1. The molecule has 0 radical (unpaired) electrons. The largest absolute Gasteiger partial charge is 0.492 e. The van der Waals surface area contributed by atoms with Gasteiger partial charge in [0.05, 0.1) is 12.2 Å². The maximum Gasteiger partial charge on any atom is 0.256 e. The van der Waals surface area contributed by atoms with E-state index in [0.717, 1.165) is 37.9 Å². The number of benzene rings is 3. The fourth-order valence-electron chi connectivity index (χ4n) is 3.84. The highest BCUT2D eigenvalue weighted by atomic mass is 79.9. The fourth-order valence-corrected chi connectivity index (χ4v) is 4.37. The quantitative estimate of drug-likeness (QED) is 0.317. The summed E-state index contributed by atoms with van der Waals surface area (Å²) in [6.45, 7) is 1.23. The molecule has 154 valence electrons. The topological polar surface area (TPSA) is 43.3 Å². The van der Waals surface area contributed by atoms with Gasteiger partial charge in [-0.3, -0.25) is 4.79 Å². The van der Waals surface area contributed by atoms with E-state index in [9.17, 15) is 4.79 Å². The van der Waals surface area contributed by atoms with Gasteiger partial charge in [-0.1, -0.05) is 51.8 Å². The summed E-state index contributed by atoms with van der Waals surface area (Å²) in [6, 6.07) is 21.4. The van der Waals surface area contributed by atoms with Crippen LogP contribution in [0.5, 0.6) is 5.75 Å². The van der Waals surface area contributed by atoms with E-state index in [1.165, 1.54) is 0 Å². The third-order valence-corrected chi connectivity index (χ3v) is 6.01. The van der Waals surface area contributed by atoms with Crippen molar-refractivity contribution in [3.05, 3.63) is 93.5 Å². The molecule has 4 nitrogen and oxygen atoms in total. The first-order valence-corrected chi connectivity index (χ1v) is 11.0. The summed E-state index contributed by atoms with van der Waals surface area (Å²) in [7, 11) is 0. The molecule has 0 unspecified atom stereocenters. The van der Waals surface area contributed by atoms with E-state index in [0.29, 0.717) is 23.7 Å². The molecular formula is C25H18BrClN2O2. The summed E-state index contributed by atoms with van der Waals surface area (Å²) in [5.41, 5.74) is 4.29. The van der Waals surface area contributed by atoms with E-state index in [1.54, 1.807) is 12.1 Å². The Morgan fingerprint density at radius 1 is 1.06 bits per heavy atom. The van der Waals surface area contributed by atoms with Crippen molar-refractivity contribution in [2.45, 2.75) is 6.54 Å². The van der Waals surface area contributed by atoms with E-state index in [1.807, 2.05) is 48.5 Å². The van der Waals surface area contributed by atoms with E-state index in [-0.39, 0.29) is 5.91 Å². The average Bonchev–Trinajstić information content (AvgIpc) is 3.25. The van der Waals surface area contributed by atoms with Crippen LogP contribution >= 0.6 is 27.5 Å². The minimum Gasteiger partial charge on any atom is -0.492 e. The summed E-state index contributed by atoms with van der Waals surface area (Å²) in [5.74, 6) is 0.725. The normalized spacial score (nSPS) is 14.1. The molecule has 1 aliphatic heterocycles. The summed E-state index contributed by atoms with van der Waals surface area (Å²) < 4.78 is 9.02. The number of carbonyl (C=O) groups is 1. The molecule has 1 aromatic heterocycles. The van der Waals surface area contributed by atoms with Gasteiger partial charge < -0.3 is 14.6 Å². The molecule has 6 heteroatoms. The van der Waals surface area contributed by atoms with Crippen molar-refractivity contribution in [3.63, 3.8) is 0 Å². The molecule has 0 spiro atoms.